The highest BCUT2D eigenvalue weighted by Gasteiger charge is 2.36. The predicted octanol–water partition coefficient (Wildman–Crippen LogP) is 2.15. The molecule has 0 amide bonds. The van der Waals surface area contributed by atoms with Gasteiger partial charge in [0.15, 0.2) is 11.6 Å². The minimum absolute atomic E-state index is 0.0792. The monoisotopic (exact) mass is 252 g/mol. The molecule has 100 valence electrons. The van der Waals surface area contributed by atoms with Crippen LogP contribution in [-0.4, -0.2) is 30.1 Å². The van der Waals surface area contributed by atoms with E-state index in [0.717, 1.165) is 25.1 Å². The first kappa shape index (κ1) is 13.3. The second-order valence-corrected chi connectivity index (χ2v) is 5.63. The number of rotatable bonds is 3. The molecule has 0 saturated carbocycles. The van der Waals surface area contributed by atoms with Crippen molar-refractivity contribution in [2.24, 2.45) is 5.73 Å². The normalized spacial score (nSPS) is 23.3. The summed E-state index contributed by atoms with van der Waals surface area (Å²) in [4.78, 5) is 2.30. The van der Waals surface area contributed by atoms with Crippen molar-refractivity contribution in [2.45, 2.75) is 38.4 Å². The topological polar surface area (TPSA) is 38.5 Å². The molecule has 1 unspecified atom stereocenters. The number of hydrogen-bond acceptors (Lipinski definition) is 3. The lowest BCUT2D eigenvalue weighted by molar-refractivity contribution is 0.166. The van der Waals surface area contributed by atoms with Crippen molar-refractivity contribution in [3.8, 4) is 5.75 Å². The SMILES string of the molecule is COc1ccc(CN2CC(N)CC2(C)C)cc1F. The average Bonchev–Trinajstić information content (AvgIpc) is 2.52. The highest BCUT2D eigenvalue weighted by Crippen LogP contribution is 2.30. The van der Waals surface area contributed by atoms with Crippen LogP contribution in [0.5, 0.6) is 5.75 Å². The maximum atomic E-state index is 13.6. The van der Waals surface area contributed by atoms with Crippen molar-refractivity contribution in [3.63, 3.8) is 0 Å². The van der Waals surface area contributed by atoms with Crippen LogP contribution in [0.15, 0.2) is 18.2 Å². The third kappa shape index (κ3) is 2.65. The van der Waals surface area contributed by atoms with E-state index in [4.69, 9.17) is 10.5 Å². The molecule has 1 heterocycles. The van der Waals surface area contributed by atoms with Crippen LogP contribution in [-0.2, 0) is 6.54 Å². The standard InChI is InChI=1S/C14H21FN2O/c1-14(2)7-11(16)9-17(14)8-10-4-5-13(18-3)12(15)6-10/h4-6,11H,7-9,16H2,1-3H3. The molecule has 0 aromatic heterocycles. The number of nitrogens with two attached hydrogens (primary N) is 1. The van der Waals surface area contributed by atoms with Gasteiger partial charge in [0.25, 0.3) is 0 Å². The number of likely N-dealkylation sites (tertiary alicyclic amines) is 1. The summed E-state index contributed by atoms with van der Waals surface area (Å²) in [6.07, 6.45) is 0.978. The van der Waals surface area contributed by atoms with E-state index in [1.165, 1.54) is 7.11 Å². The Morgan fingerprint density at radius 3 is 2.72 bits per heavy atom. The maximum Gasteiger partial charge on any atom is 0.165 e. The summed E-state index contributed by atoms with van der Waals surface area (Å²) in [6.45, 7) is 5.95. The van der Waals surface area contributed by atoms with Gasteiger partial charge >= 0.3 is 0 Å². The summed E-state index contributed by atoms with van der Waals surface area (Å²) >= 11 is 0. The highest BCUT2D eigenvalue weighted by molar-refractivity contribution is 5.29. The van der Waals surface area contributed by atoms with Crippen LogP contribution >= 0.6 is 0 Å². The van der Waals surface area contributed by atoms with E-state index in [1.54, 1.807) is 12.1 Å². The summed E-state index contributed by atoms with van der Waals surface area (Å²) in [5, 5.41) is 0. The molecule has 1 aliphatic heterocycles. The fourth-order valence-corrected chi connectivity index (χ4v) is 2.67. The second kappa shape index (κ2) is 4.86. The molecular formula is C14H21FN2O. The summed E-state index contributed by atoms with van der Waals surface area (Å²) in [5.74, 6) is -0.0209. The van der Waals surface area contributed by atoms with Crippen LogP contribution < -0.4 is 10.5 Å². The Hall–Kier alpha value is -1.13. The smallest absolute Gasteiger partial charge is 0.165 e. The summed E-state index contributed by atoms with van der Waals surface area (Å²) in [7, 11) is 1.47. The lowest BCUT2D eigenvalue weighted by Crippen LogP contribution is -2.37. The van der Waals surface area contributed by atoms with E-state index in [2.05, 4.69) is 18.7 Å². The van der Waals surface area contributed by atoms with Gasteiger partial charge in [-0.3, -0.25) is 4.90 Å². The first-order valence-corrected chi connectivity index (χ1v) is 6.25. The molecule has 2 N–H and O–H groups in total. The average molecular weight is 252 g/mol. The zero-order valence-electron chi connectivity index (χ0n) is 11.2. The van der Waals surface area contributed by atoms with Gasteiger partial charge in [-0.1, -0.05) is 6.07 Å². The molecule has 1 saturated heterocycles. The molecule has 0 bridgehead atoms. The third-order valence-electron chi connectivity index (χ3n) is 3.66. The van der Waals surface area contributed by atoms with Crippen molar-refractivity contribution in [1.82, 2.24) is 4.90 Å². The van der Waals surface area contributed by atoms with Gasteiger partial charge in [-0.25, -0.2) is 4.39 Å². The van der Waals surface area contributed by atoms with Gasteiger partial charge in [-0.05, 0) is 38.0 Å². The van der Waals surface area contributed by atoms with E-state index >= 15 is 0 Å². The minimum atomic E-state index is -0.309. The fraction of sp³-hybridized carbons (Fsp3) is 0.571. The van der Waals surface area contributed by atoms with Gasteiger partial charge in [0, 0.05) is 24.7 Å². The summed E-state index contributed by atoms with van der Waals surface area (Å²) < 4.78 is 18.5. The van der Waals surface area contributed by atoms with E-state index in [9.17, 15) is 4.39 Å². The Morgan fingerprint density at radius 1 is 1.50 bits per heavy atom. The highest BCUT2D eigenvalue weighted by atomic mass is 19.1. The maximum absolute atomic E-state index is 13.6. The van der Waals surface area contributed by atoms with Crippen LogP contribution in [0.3, 0.4) is 0 Å². The molecule has 0 aliphatic carbocycles. The predicted molar refractivity (Wildman–Crippen MR) is 70.0 cm³/mol. The number of ether oxygens (including phenoxy) is 1. The van der Waals surface area contributed by atoms with Crippen LogP contribution in [0.4, 0.5) is 4.39 Å². The van der Waals surface area contributed by atoms with E-state index in [1.807, 2.05) is 6.07 Å². The zero-order chi connectivity index (χ0) is 13.3. The van der Waals surface area contributed by atoms with Crippen LogP contribution in [0.2, 0.25) is 0 Å². The van der Waals surface area contributed by atoms with E-state index in [0.29, 0.717) is 0 Å². The van der Waals surface area contributed by atoms with Gasteiger partial charge in [0.05, 0.1) is 7.11 Å². The van der Waals surface area contributed by atoms with Gasteiger partial charge in [-0.2, -0.15) is 0 Å². The molecule has 3 nitrogen and oxygen atoms in total. The van der Waals surface area contributed by atoms with Crippen molar-refractivity contribution in [3.05, 3.63) is 29.6 Å². The largest absolute Gasteiger partial charge is 0.494 e. The van der Waals surface area contributed by atoms with Crippen LogP contribution in [0.25, 0.3) is 0 Å². The molecule has 1 fully saturated rings. The van der Waals surface area contributed by atoms with Gasteiger partial charge in [0.1, 0.15) is 0 Å². The molecule has 1 aliphatic rings. The number of nitrogens with zero attached hydrogens (tertiary/aromatic N) is 1. The number of benzene rings is 1. The van der Waals surface area contributed by atoms with E-state index < -0.39 is 0 Å². The van der Waals surface area contributed by atoms with Crippen molar-refractivity contribution in [1.29, 1.82) is 0 Å². The van der Waals surface area contributed by atoms with Crippen LogP contribution in [0, 0.1) is 5.82 Å². The molecule has 1 atom stereocenters. The Bertz CT molecular complexity index is 434. The molecular weight excluding hydrogens is 231 g/mol. The van der Waals surface area contributed by atoms with Crippen LogP contribution in [0.1, 0.15) is 25.8 Å². The Labute approximate surface area is 108 Å². The first-order valence-electron chi connectivity index (χ1n) is 6.25. The molecule has 2 rings (SSSR count). The molecule has 0 radical (unpaired) electrons. The molecule has 0 spiro atoms. The Balaban J connectivity index is 2.12. The van der Waals surface area contributed by atoms with Crippen molar-refractivity contribution >= 4 is 0 Å². The van der Waals surface area contributed by atoms with Gasteiger partial charge in [0.2, 0.25) is 0 Å². The number of methoxy groups -OCH3 is 1. The molecule has 1 aromatic rings. The quantitative estimate of drug-likeness (QED) is 0.895. The minimum Gasteiger partial charge on any atom is -0.494 e. The zero-order valence-corrected chi connectivity index (χ0v) is 11.2. The van der Waals surface area contributed by atoms with Crippen molar-refractivity contribution in [2.75, 3.05) is 13.7 Å². The summed E-state index contributed by atoms with van der Waals surface area (Å²) in [5.41, 5.74) is 7.03. The van der Waals surface area contributed by atoms with Gasteiger partial charge < -0.3 is 10.5 Å². The third-order valence-corrected chi connectivity index (χ3v) is 3.66. The van der Waals surface area contributed by atoms with E-state index in [-0.39, 0.29) is 23.1 Å². The van der Waals surface area contributed by atoms with Gasteiger partial charge in [-0.15, -0.1) is 0 Å². The van der Waals surface area contributed by atoms with Crippen molar-refractivity contribution < 1.29 is 9.13 Å². The lowest BCUT2D eigenvalue weighted by atomic mass is 10.00. The Morgan fingerprint density at radius 2 is 2.22 bits per heavy atom. The lowest BCUT2D eigenvalue weighted by Gasteiger charge is -2.31. The first-order chi connectivity index (χ1) is 8.42. The fourth-order valence-electron chi connectivity index (χ4n) is 2.67. The number of hydrogen-bond donors (Lipinski definition) is 1. The number of halogens is 1. The summed E-state index contributed by atoms with van der Waals surface area (Å²) in [6, 6.07) is 5.33. The molecule has 18 heavy (non-hydrogen) atoms. The molecule has 4 heteroatoms. The molecule has 1 aromatic carbocycles. The Kier molecular flexibility index (Phi) is 3.59. The second-order valence-electron chi connectivity index (χ2n) is 5.63.